The van der Waals surface area contributed by atoms with Gasteiger partial charge in [0.25, 0.3) is 11.5 Å². The van der Waals surface area contributed by atoms with Crippen LogP contribution in [0.1, 0.15) is 5.56 Å². The summed E-state index contributed by atoms with van der Waals surface area (Å²) in [5.41, 5.74) is 1.46. The smallest absolute Gasteiger partial charge is 0.282 e. The molecule has 3 heterocycles. The molecule has 0 radical (unpaired) electrons. The van der Waals surface area contributed by atoms with Gasteiger partial charge in [-0.15, -0.1) is 0 Å². The van der Waals surface area contributed by atoms with Crippen LogP contribution in [0.2, 0.25) is 0 Å². The Morgan fingerprint density at radius 3 is 2.69 bits per heavy atom. The van der Waals surface area contributed by atoms with Crippen molar-refractivity contribution in [3.05, 3.63) is 93.2 Å². The maximum atomic E-state index is 13.6. The summed E-state index contributed by atoms with van der Waals surface area (Å²) in [6, 6.07) is 21.9. The van der Waals surface area contributed by atoms with Crippen molar-refractivity contribution in [3.8, 4) is 17.3 Å². The minimum absolute atomic E-state index is 0.119. The SMILES string of the molecule is O=C(COc1ccc(Br)cc1C=Nn1c(-c2cc3ccccc3o2)nc2ccccc2c1=O)N1CCOCC1. The van der Waals surface area contributed by atoms with Crippen molar-refractivity contribution in [1.29, 1.82) is 0 Å². The van der Waals surface area contributed by atoms with Gasteiger partial charge in [0, 0.05) is 28.5 Å². The Kier molecular flexibility index (Phi) is 6.95. The first-order valence-corrected chi connectivity index (χ1v) is 13.2. The van der Waals surface area contributed by atoms with Gasteiger partial charge in [-0.3, -0.25) is 9.59 Å². The van der Waals surface area contributed by atoms with E-state index in [0.29, 0.717) is 59.9 Å². The third kappa shape index (κ3) is 5.21. The first kappa shape index (κ1) is 25.0. The fourth-order valence-electron chi connectivity index (χ4n) is 4.40. The molecule has 0 bridgehead atoms. The van der Waals surface area contributed by atoms with E-state index < -0.39 is 0 Å². The van der Waals surface area contributed by atoms with Gasteiger partial charge in [0.05, 0.1) is 30.3 Å². The molecule has 3 aromatic carbocycles. The van der Waals surface area contributed by atoms with E-state index >= 15 is 0 Å². The van der Waals surface area contributed by atoms with Gasteiger partial charge < -0.3 is 18.8 Å². The molecule has 0 aliphatic carbocycles. The largest absolute Gasteiger partial charge is 0.483 e. The number of morpholine rings is 1. The number of halogens is 1. The van der Waals surface area contributed by atoms with E-state index in [0.717, 1.165) is 9.86 Å². The first-order valence-electron chi connectivity index (χ1n) is 12.4. The summed E-state index contributed by atoms with van der Waals surface area (Å²) in [5.74, 6) is 1.02. The molecule has 10 heteroatoms. The number of rotatable bonds is 6. The molecule has 0 unspecified atom stereocenters. The molecule has 5 aromatic rings. The highest BCUT2D eigenvalue weighted by Crippen LogP contribution is 2.27. The fraction of sp³-hybridized carbons (Fsp3) is 0.172. The first-order chi connectivity index (χ1) is 19.1. The summed E-state index contributed by atoms with van der Waals surface area (Å²) in [5, 5.41) is 5.85. The molecule has 1 aliphatic rings. The number of hydrogen-bond acceptors (Lipinski definition) is 7. The van der Waals surface area contributed by atoms with Crippen LogP contribution < -0.4 is 10.3 Å². The van der Waals surface area contributed by atoms with Gasteiger partial charge >= 0.3 is 0 Å². The van der Waals surface area contributed by atoms with Crippen molar-refractivity contribution >= 4 is 49.9 Å². The molecule has 0 saturated carbocycles. The van der Waals surface area contributed by atoms with Crippen molar-refractivity contribution in [2.24, 2.45) is 5.10 Å². The second kappa shape index (κ2) is 10.8. The molecule has 0 N–H and O–H groups in total. The average Bonchev–Trinajstić information content (AvgIpc) is 3.41. The molecular weight excluding hydrogens is 564 g/mol. The lowest BCUT2D eigenvalue weighted by atomic mass is 10.2. The van der Waals surface area contributed by atoms with E-state index in [1.54, 1.807) is 35.2 Å². The van der Waals surface area contributed by atoms with Gasteiger partial charge in [-0.05, 0) is 42.5 Å². The number of furan rings is 1. The molecule has 1 saturated heterocycles. The molecule has 196 valence electrons. The molecule has 0 atom stereocenters. The minimum Gasteiger partial charge on any atom is -0.483 e. The van der Waals surface area contributed by atoms with E-state index in [4.69, 9.17) is 18.9 Å². The molecule has 9 nitrogen and oxygen atoms in total. The summed E-state index contributed by atoms with van der Waals surface area (Å²) in [6.45, 7) is 2.00. The second-order valence-corrected chi connectivity index (χ2v) is 9.84. The predicted molar refractivity (Wildman–Crippen MR) is 151 cm³/mol. The number of aromatic nitrogens is 2. The summed E-state index contributed by atoms with van der Waals surface area (Å²) in [7, 11) is 0. The third-order valence-electron chi connectivity index (χ3n) is 6.40. The lowest BCUT2D eigenvalue weighted by Gasteiger charge is -2.26. The Bertz CT molecular complexity index is 1740. The Balaban J connectivity index is 1.38. The van der Waals surface area contributed by atoms with Crippen molar-refractivity contribution in [1.82, 2.24) is 14.6 Å². The summed E-state index contributed by atoms with van der Waals surface area (Å²) in [6.07, 6.45) is 1.52. The standard InChI is InChI=1S/C29H23BrN4O5/c30-21-9-10-24(38-18-27(35)33-11-13-37-14-12-33)20(15-21)17-31-34-28(26-16-19-5-1-4-8-25(19)39-26)32-23-7-3-2-6-22(23)29(34)36/h1-10,15-17H,11-14,18H2. The van der Waals surface area contributed by atoms with Gasteiger partial charge in [-0.25, -0.2) is 4.98 Å². The topological polar surface area (TPSA) is 99.2 Å². The number of carbonyl (C=O) groups excluding carboxylic acids is 1. The average molecular weight is 587 g/mol. The van der Waals surface area contributed by atoms with Gasteiger partial charge in [-0.1, -0.05) is 46.3 Å². The van der Waals surface area contributed by atoms with E-state index in [9.17, 15) is 9.59 Å². The number of nitrogens with zero attached hydrogens (tertiary/aromatic N) is 4. The Labute approximate surface area is 231 Å². The third-order valence-corrected chi connectivity index (χ3v) is 6.89. The number of benzene rings is 3. The van der Waals surface area contributed by atoms with Gasteiger partial charge in [-0.2, -0.15) is 9.78 Å². The van der Waals surface area contributed by atoms with Crippen molar-refractivity contribution in [3.63, 3.8) is 0 Å². The lowest BCUT2D eigenvalue weighted by molar-refractivity contribution is -0.137. The summed E-state index contributed by atoms with van der Waals surface area (Å²) in [4.78, 5) is 32.6. The van der Waals surface area contributed by atoms with Crippen molar-refractivity contribution in [2.75, 3.05) is 32.9 Å². The van der Waals surface area contributed by atoms with E-state index in [1.165, 1.54) is 10.9 Å². The van der Waals surface area contributed by atoms with Gasteiger partial charge in [0.2, 0.25) is 5.82 Å². The van der Waals surface area contributed by atoms with Crippen LogP contribution in [0.3, 0.4) is 0 Å². The Morgan fingerprint density at radius 1 is 1.05 bits per heavy atom. The minimum atomic E-state index is -0.340. The van der Waals surface area contributed by atoms with E-state index in [1.807, 2.05) is 42.5 Å². The zero-order chi connectivity index (χ0) is 26.8. The Hall–Kier alpha value is -4.28. The molecule has 1 aliphatic heterocycles. The zero-order valence-corrected chi connectivity index (χ0v) is 22.3. The molecule has 2 aromatic heterocycles. The highest BCUT2D eigenvalue weighted by atomic mass is 79.9. The number of amides is 1. The molecule has 6 rings (SSSR count). The zero-order valence-electron chi connectivity index (χ0n) is 20.7. The van der Waals surface area contributed by atoms with Crippen LogP contribution in [0.25, 0.3) is 33.5 Å². The van der Waals surface area contributed by atoms with Gasteiger partial charge in [0.15, 0.2) is 12.4 Å². The van der Waals surface area contributed by atoms with Crippen LogP contribution in [0, 0.1) is 0 Å². The van der Waals surface area contributed by atoms with Crippen molar-refractivity contribution in [2.45, 2.75) is 0 Å². The quantitative estimate of drug-likeness (QED) is 0.268. The second-order valence-electron chi connectivity index (χ2n) is 8.93. The highest BCUT2D eigenvalue weighted by Gasteiger charge is 2.19. The van der Waals surface area contributed by atoms with Crippen molar-refractivity contribution < 1.29 is 18.7 Å². The number of fused-ring (bicyclic) bond motifs is 2. The Morgan fingerprint density at radius 2 is 1.85 bits per heavy atom. The molecule has 39 heavy (non-hydrogen) atoms. The fourth-order valence-corrected chi connectivity index (χ4v) is 4.78. The van der Waals surface area contributed by atoms with Crippen LogP contribution >= 0.6 is 15.9 Å². The van der Waals surface area contributed by atoms with E-state index in [2.05, 4.69) is 21.0 Å². The van der Waals surface area contributed by atoms with Crippen LogP contribution in [-0.2, 0) is 9.53 Å². The summed E-state index contributed by atoms with van der Waals surface area (Å²) < 4.78 is 19.3. The number of para-hydroxylation sites is 2. The molecular formula is C29H23BrN4O5. The normalized spacial score (nSPS) is 13.9. The lowest BCUT2D eigenvalue weighted by Crippen LogP contribution is -2.43. The summed E-state index contributed by atoms with van der Waals surface area (Å²) >= 11 is 3.48. The molecule has 0 spiro atoms. The maximum Gasteiger partial charge on any atom is 0.282 e. The monoisotopic (exact) mass is 586 g/mol. The number of ether oxygens (including phenoxy) is 2. The molecule has 1 fully saturated rings. The number of hydrogen-bond donors (Lipinski definition) is 0. The molecule has 1 amide bonds. The number of carbonyl (C=O) groups is 1. The van der Waals surface area contributed by atoms with Crippen LogP contribution in [0.4, 0.5) is 0 Å². The predicted octanol–water partition coefficient (Wildman–Crippen LogP) is 4.69. The maximum absolute atomic E-state index is 13.6. The van der Waals surface area contributed by atoms with E-state index in [-0.39, 0.29) is 23.9 Å². The van der Waals surface area contributed by atoms with Crippen LogP contribution in [0.15, 0.2) is 91.6 Å². The van der Waals surface area contributed by atoms with Crippen LogP contribution in [-0.4, -0.2) is 59.6 Å². The highest BCUT2D eigenvalue weighted by molar-refractivity contribution is 9.10. The van der Waals surface area contributed by atoms with Crippen LogP contribution in [0.5, 0.6) is 5.75 Å². The van der Waals surface area contributed by atoms with Gasteiger partial charge in [0.1, 0.15) is 11.3 Å².